The van der Waals surface area contributed by atoms with E-state index in [2.05, 4.69) is 52.5 Å². The Kier molecular flexibility index (Phi) is 5.43. The van der Waals surface area contributed by atoms with Crippen LogP contribution in [0.5, 0.6) is 0 Å². The predicted octanol–water partition coefficient (Wildman–Crippen LogP) is 3.71. The molecule has 4 rings (SSSR count). The van der Waals surface area contributed by atoms with E-state index in [-0.39, 0.29) is 11.2 Å². The van der Waals surface area contributed by atoms with Gasteiger partial charge in [0.2, 0.25) is 5.91 Å². The van der Waals surface area contributed by atoms with Gasteiger partial charge in [0.25, 0.3) is 0 Å². The van der Waals surface area contributed by atoms with Gasteiger partial charge in [-0.1, -0.05) is 41.9 Å². The van der Waals surface area contributed by atoms with E-state index in [1.54, 1.807) is 6.20 Å². The molecule has 3 heterocycles. The number of carbonyl (C=O) groups is 1. The summed E-state index contributed by atoms with van der Waals surface area (Å²) in [7, 11) is 0. The van der Waals surface area contributed by atoms with E-state index in [9.17, 15) is 4.79 Å². The van der Waals surface area contributed by atoms with E-state index < -0.39 is 0 Å². The Balaban J connectivity index is 1.80. The summed E-state index contributed by atoms with van der Waals surface area (Å²) in [5.41, 5.74) is 4.09. The van der Waals surface area contributed by atoms with Crippen molar-refractivity contribution in [1.82, 2.24) is 25.1 Å². The number of amides is 1. The van der Waals surface area contributed by atoms with E-state index in [1.807, 2.05) is 22.8 Å². The Morgan fingerprint density at radius 2 is 2.04 bits per heavy atom. The Labute approximate surface area is 168 Å². The second kappa shape index (κ2) is 8.14. The van der Waals surface area contributed by atoms with E-state index in [0.717, 1.165) is 47.9 Å². The first-order valence-corrected chi connectivity index (χ1v) is 10.4. The Bertz CT molecular complexity index is 986. The van der Waals surface area contributed by atoms with Crippen molar-refractivity contribution in [2.45, 2.75) is 43.5 Å². The highest BCUT2D eigenvalue weighted by molar-refractivity contribution is 8.00. The number of hydrogen-bond donors (Lipinski definition) is 1. The van der Waals surface area contributed by atoms with Crippen LogP contribution in [0.3, 0.4) is 0 Å². The fourth-order valence-electron chi connectivity index (χ4n) is 3.43. The van der Waals surface area contributed by atoms with Gasteiger partial charge < -0.3 is 5.32 Å². The molecule has 144 valence electrons. The standard InChI is InChI=1S/C21H23N5OS/c1-14-9-10-17(15(2)13-14)26-19(16-7-3-5-11-22-16)24-25-21(26)28-18-8-4-6-12-23-20(18)27/h3,5,7,9-11,13,18H,4,6,8,12H2,1-2H3,(H,23,27). The fourth-order valence-corrected chi connectivity index (χ4v) is 4.54. The summed E-state index contributed by atoms with van der Waals surface area (Å²) in [6.07, 6.45) is 4.64. The Hall–Kier alpha value is -2.67. The van der Waals surface area contributed by atoms with Gasteiger partial charge in [0.1, 0.15) is 5.69 Å². The molecule has 0 bridgehead atoms. The molecule has 1 aliphatic rings. The molecule has 1 aliphatic heterocycles. The number of nitrogens with zero attached hydrogens (tertiary/aromatic N) is 4. The Morgan fingerprint density at radius 3 is 2.82 bits per heavy atom. The number of benzene rings is 1. The first-order chi connectivity index (χ1) is 13.6. The van der Waals surface area contributed by atoms with Gasteiger partial charge in [-0.15, -0.1) is 10.2 Å². The molecular formula is C21H23N5OS. The molecule has 3 aromatic rings. The maximum Gasteiger partial charge on any atom is 0.233 e. The minimum Gasteiger partial charge on any atom is -0.355 e. The van der Waals surface area contributed by atoms with Gasteiger partial charge in [-0.2, -0.15) is 0 Å². The van der Waals surface area contributed by atoms with Crippen LogP contribution in [-0.2, 0) is 4.79 Å². The largest absolute Gasteiger partial charge is 0.355 e. The molecule has 1 atom stereocenters. The number of hydrogen-bond acceptors (Lipinski definition) is 5. The van der Waals surface area contributed by atoms with Crippen molar-refractivity contribution in [2.24, 2.45) is 0 Å². The van der Waals surface area contributed by atoms with E-state index in [4.69, 9.17) is 0 Å². The van der Waals surface area contributed by atoms with Gasteiger partial charge >= 0.3 is 0 Å². The quantitative estimate of drug-likeness (QED) is 0.732. The summed E-state index contributed by atoms with van der Waals surface area (Å²) in [6.45, 7) is 4.91. The summed E-state index contributed by atoms with van der Waals surface area (Å²) in [4.78, 5) is 16.9. The monoisotopic (exact) mass is 393 g/mol. The first kappa shape index (κ1) is 18.7. The lowest BCUT2D eigenvalue weighted by Gasteiger charge is -2.16. The summed E-state index contributed by atoms with van der Waals surface area (Å²) in [5.74, 6) is 0.765. The maximum atomic E-state index is 12.5. The van der Waals surface area contributed by atoms with Crippen LogP contribution < -0.4 is 5.32 Å². The number of pyridine rings is 1. The van der Waals surface area contributed by atoms with Gasteiger partial charge in [-0.05, 0) is 50.5 Å². The van der Waals surface area contributed by atoms with Crippen molar-refractivity contribution >= 4 is 17.7 Å². The van der Waals surface area contributed by atoms with Crippen molar-refractivity contribution in [3.8, 4) is 17.2 Å². The molecule has 2 aromatic heterocycles. The first-order valence-electron chi connectivity index (χ1n) is 9.52. The molecule has 1 saturated heterocycles. The van der Waals surface area contributed by atoms with Crippen LogP contribution in [0, 0.1) is 13.8 Å². The highest BCUT2D eigenvalue weighted by atomic mass is 32.2. The molecule has 28 heavy (non-hydrogen) atoms. The highest BCUT2D eigenvalue weighted by Crippen LogP contribution is 2.33. The van der Waals surface area contributed by atoms with Crippen molar-refractivity contribution in [3.63, 3.8) is 0 Å². The van der Waals surface area contributed by atoms with E-state index in [0.29, 0.717) is 5.82 Å². The molecule has 0 saturated carbocycles. The van der Waals surface area contributed by atoms with Crippen molar-refractivity contribution in [3.05, 3.63) is 53.7 Å². The average Bonchev–Trinajstić information content (AvgIpc) is 2.99. The van der Waals surface area contributed by atoms with Gasteiger partial charge in [0.05, 0.1) is 10.9 Å². The molecule has 6 nitrogen and oxygen atoms in total. The third-order valence-corrected chi connectivity index (χ3v) is 6.06. The number of aryl methyl sites for hydroxylation is 2. The van der Waals surface area contributed by atoms with Crippen LogP contribution in [-0.4, -0.2) is 37.5 Å². The third kappa shape index (κ3) is 3.80. The second-order valence-corrected chi connectivity index (χ2v) is 8.21. The smallest absolute Gasteiger partial charge is 0.233 e. The zero-order chi connectivity index (χ0) is 19.5. The lowest BCUT2D eigenvalue weighted by molar-refractivity contribution is -0.120. The SMILES string of the molecule is Cc1ccc(-n2c(SC3CCCCNC3=O)nnc2-c2ccccn2)c(C)c1. The van der Waals surface area contributed by atoms with Gasteiger partial charge in [0.15, 0.2) is 11.0 Å². The molecule has 0 radical (unpaired) electrons. The normalized spacial score (nSPS) is 17.2. The summed E-state index contributed by atoms with van der Waals surface area (Å²) >= 11 is 1.49. The summed E-state index contributed by atoms with van der Waals surface area (Å²) < 4.78 is 2.03. The van der Waals surface area contributed by atoms with E-state index in [1.165, 1.54) is 17.3 Å². The van der Waals surface area contributed by atoms with Crippen molar-refractivity contribution in [2.75, 3.05) is 6.54 Å². The molecule has 1 fully saturated rings. The average molecular weight is 394 g/mol. The number of nitrogens with one attached hydrogen (secondary N) is 1. The van der Waals surface area contributed by atoms with Crippen LogP contribution in [0.4, 0.5) is 0 Å². The molecule has 0 spiro atoms. The molecular weight excluding hydrogens is 370 g/mol. The molecule has 1 amide bonds. The van der Waals surface area contributed by atoms with Crippen LogP contribution >= 0.6 is 11.8 Å². The Morgan fingerprint density at radius 1 is 1.14 bits per heavy atom. The number of thioether (sulfide) groups is 1. The maximum absolute atomic E-state index is 12.5. The number of aromatic nitrogens is 4. The highest BCUT2D eigenvalue weighted by Gasteiger charge is 2.26. The molecule has 7 heteroatoms. The number of rotatable bonds is 4. The summed E-state index contributed by atoms with van der Waals surface area (Å²) in [6, 6.07) is 12.1. The molecule has 1 aromatic carbocycles. The molecule has 0 aliphatic carbocycles. The fraction of sp³-hybridized carbons (Fsp3) is 0.333. The zero-order valence-electron chi connectivity index (χ0n) is 16.1. The van der Waals surface area contributed by atoms with Crippen LogP contribution in [0.1, 0.15) is 30.4 Å². The van der Waals surface area contributed by atoms with Crippen molar-refractivity contribution < 1.29 is 4.79 Å². The van der Waals surface area contributed by atoms with Crippen LogP contribution in [0.25, 0.3) is 17.2 Å². The molecule has 1 unspecified atom stereocenters. The van der Waals surface area contributed by atoms with Crippen molar-refractivity contribution in [1.29, 1.82) is 0 Å². The summed E-state index contributed by atoms with van der Waals surface area (Å²) in [5, 5.41) is 12.4. The van der Waals surface area contributed by atoms with Crippen LogP contribution in [0.15, 0.2) is 47.8 Å². The van der Waals surface area contributed by atoms with Gasteiger partial charge in [-0.25, -0.2) is 0 Å². The van der Waals surface area contributed by atoms with Gasteiger partial charge in [-0.3, -0.25) is 14.3 Å². The minimum atomic E-state index is -0.159. The van der Waals surface area contributed by atoms with Gasteiger partial charge in [0, 0.05) is 12.7 Å². The number of carbonyl (C=O) groups excluding carboxylic acids is 1. The lowest BCUT2D eigenvalue weighted by atomic mass is 10.1. The second-order valence-electron chi connectivity index (χ2n) is 7.04. The molecule has 1 N–H and O–H groups in total. The van der Waals surface area contributed by atoms with Crippen LogP contribution in [0.2, 0.25) is 0 Å². The predicted molar refractivity (Wildman–Crippen MR) is 111 cm³/mol. The lowest BCUT2D eigenvalue weighted by Crippen LogP contribution is -2.30. The topological polar surface area (TPSA) is 72.7 Å². The minimum absolute atomic E-state index is 0.0806. The zero-order valence-corrected chi connectivity index (χ0v) is 16.9. The van der Waals surface area contributed by atoms with E-state index >= 15 is 0 Å². The third-order valence-electron chi connectivity index (χ3n) is 4.85.